The Morgan fingerprint density at radius 3 is 1.31 bits per heavy atom. The number of hydrogen-bond acceptors (Lipinski definition) is 5. The molecule has 0 aliphatic rings. The van der Waals surface area contributed by atoms with E-state index in [1.807, 2.05) is 36.4 Å². The zero-order valence-electron chi connectivity index (χ0n) is 16.5. The van der Waals surface area contributed by atoms with Crippen molar-refractivity contribution in [1.29, 1.82) is 0 Å². The third-order valence-electron chi connectivity index (χ3n) is 4.37. The van der Waals surface area contributed by atoms with Gasteiger partial charge in [0.05, 0.1) is 29.3 Å². The average Bonchev–Trinajstić information content (AvgIpc) is 2.79. The fraction of sp³-hybridized carbons (Fsp3) is 0.174. The Morgan fingerprint density at radius 1 is 0.621 bits per heavy atom. The summed E-state index contributed by atoms with van der Waals surface area (Å²) in [4.78, 5) is 5.64. The van der Waals surface area contributed by atoms with Gasteiger partial charge in [-0.05, 0) is 74.5 Å². The van der Waals surface area contributed by atoms with Crippen LogP contribution in [0.15, 0.2) is 93.3 Å². The van der Waals surface area contributed by atoms with Crippen LogP contribution in [0.5, 0.6) is 0 Å². The number of anilines is 1. The molecule has 0 aliphatic carbocycles. The zero-order chi connectivity index (χ0) is 20.5. The van der Waals surface area contributed by atoms with Crippen LogP contribution in [-0.4, -0.2) is 13.1 Å². The van der Waals surface area contributed by atoms with E-state index in [0.717, 1.165) is 30.2 Å². The van der Waals surface area contributed by atoms with Gasteiger partial charge in [0, 0.05) is 18.8 Å². The summed E-state index contributed by atoms with van der Waals surface area (Å²) in [5, 5.41) is 17.0. The second-order valence-corrected chi connectivity index (χ2v) is 6.23. The van der Waals surface area contributed by atoms with Crippen molar-refractivity contribution in [3.63, 3.8) is 0 Å². The Labute approximate surface area is 171 Å². The van der Waals surface area contributed by atoms with Gasteiger partial charge < -0.3 is 4.90 Å². The SMILES string of the molecule is [C-]#[N+]c1ccc(N=Nc2ccc(N=Nc3ccc(N(CC)CC)cc3)cc2)cc1. The van der Waals surface area contributed by atoms with Gasteiger partial charge in [0.25, 0.3) is 0 Å². The van der Waals surface area contributed by atoms with Crippen molar-refractivity contribution in [2.75, 3.05) is 18.0 Å². The van der Waals surface area contributed by atoms with E-state index < -0.39 is 0 Å². The summed E-state index contributed by atoms with van der Waals surface area (Å²) in [6.07, 6.45) is 0. The third-order valence-corrected chi connectivity index (χ3v) is 4.37. The maximum Gasteiger partial charge on any atom is 0.187 e. The molecule has 3 aromatic rings. The van der Waals surface area contributed by atoms with Crippen LogP contribution < -0.4 is 4.90 Å². The lowest BCUT2D eigenvalue weighted by atomic mass is 10.2. The first-order valence-electron chi connectivity index (χ1n) is 9.48. The predicted octanol–water partition coefficient (Wildman–Crippen LogP) is 7.91. The fourth-order valence-electron chi connectivity index (χ4n) is 2.73. The number of azo groups is 2. The molecule has 0 bridgehead atoms. The Hall–Kier alpha value is -3.85. The normalized spacial score (nSPS) is 11.1. The van der Waals surface area contributed by atoms with Crippen LogP contribution in [-0.2, 0) is 0 Å². The number of hydrogen-bond donors (Lipinski definition) is 0. The third kappa shape index (κ3) is 5.56. The maximum absolute atomic E-state index is 6.95. The summed E-state index contributed by atoms with van der Waals surface area (Å²) in [5.41, 5.74) is 4.76. The predicted molar refractivity (Wildman–Crippen MR) is 118 cm³/mol. The summed E-state index contributed by atoms with van der Waals surface area (Å²) in [5.74, 6) is 0. The lowest BCUT2D eigenvalue weighted by molar-refractivity contribution is 0.866. The van der Waals surface area contributed by atoms with Crippen molar-refractivity contribution in [2.45, 2.75) is 13.8 Å². The van der Waals surface area contributed by atoms with Gasteiger partial charge >= 0.3 is 0 Å². The van der Waals surface area contributed by atoms with Crippen LogP contribution in [0.3, 0.4) is 0 Å². The summed E-state index contributed by atoms with van der Waals surface area (Å²) in [6, 6.07) is 22.4. The zero-order valence-corrected chi connectivity index (χ0v) is 16.5. The van der Waals surface area contributed by atoms with E-state index in [-0.39, 0.29) is 0 Å². The molecule has 0 N–H and O–H groups in total. The van der Waals surface area contributed by atoms with E-state index in [0.29, 0.717) is 11.4 Å². The van der Waals surface area contributed by atoms with E-state index in [2.05, 4.69) is 56.2 Å². The van der Waals surface area contributed by atoms with Gasteiger partial charge in [-0.2, -0.15) is 20.5 Å². The molecule has 0 saturated carbocycles. The average molecular weight is 382 g/mol. The van der Waals surface area contributed by atoms with Crippen LogP contribution >= 0.6 is 0 Å². The summed E-state index contributed by atoms with van der Waals surface area (Å²) in [7, 11) is 0. The molecule has 0 spiro atoms. The van der Waals surface area contributed by atoms with E-state index in [1.54, 1.807) is 24.3 Å². The van der Waals surface area contributed by atoms with Crippen LogP contribution in [0.4, 0.5) is 34.1 Å². The van der Waals surface area contributed by atoms with Crippen LogP contribution in [0.1, 0.15) is 13.8 Å². The quantitative estimate of drug-likeness (QED) is 0.302. The van der Waals surface area contributed by atoms with Crippen molar-refractivity contribution in [3.05, 3.63) is 84.2 Å². The maximum atomic E-state index is 6.95. The minimum absolute atomic E-state index is 0.585. The molecule has 0 radical (unpaired) electrons. The van der Waals surface area contributed by atoms with Crippen LogP contribution in [0.25, 0.3) is 4.85 Å². The molecule has 0 fully saturated rings. The molecule has 0 aliphatic heterocycles. The number of benzene rings is 3. The van der Waals surface area contributed by atoms with Gasteiger partial charge in [0.1, 0.15) is 0 Å². The molecule has 6 nitrogen and oxygen atoms in total. The first kappa shape index (κ1) is 19.9. The topological polar surface area (TPSA) is 57.0 Å². The van der Waals surface area contributed by atoms with E-state index >= 15 is 0 Å². The van der Waals surface area contributed by atoms with Gasteiger partial charge in [-0.25, -0.2) is 4.85 Å². The molecule has 29 heavy (non-hydrogen) atoms. The summed E-state index contributed by atoms with van der Waals surface area (Å²) < 4.78 is 0. The number of rotatable bonds is 7. The second-order valence-electron chi connectivity index (χ2n) is 6.23. The first-order chi connectivity index (χ1) is 14.2. The molecule has 0 amide bonds. The molecule has 0 heterocycles. The molecule has 3 rings (SSSR count). The highest BCUT2D eigenvalue weighted by molar-refractivity contribution is 5.54. The fourth-order valence-corrected chi connectivity index (χ4v) is 2.73. The lowest BCUT2D eigenvalue weighted by Crippen LogP contribution is -2.21. The Bertz CT molecular complexity index is 1010. The van der Waals surface area contributed by atoms with Gasteiger partial charge in [0.2, 0.25) is 0 Å². The Kier molecular flexibility index (Phi) is 6.80. The minimum atomic E-state index is 0.585. The van der Waals surface area contributed by atoms with Gasteiger partial charge in [0.15, 0.2) is 5.69 Å². The van der Waals surface area contributed by atoms with E-state index in [9.17, 15) is 0 Å². The molecular formula is C23H22N6. The monoisotopic (exact) mass is 382 g/mol. The standard InChI is InChI=1S/C23H22N6/c1-4-29(5-2)23-16-14-22(15-17-23)28-27-21-12-10-20(11-13-21)26-25-19-8-6-18(24-3)7-9-19/h6-17H,4-5H2,1-2H3. The van der Waals surface area contributed by atoms with E-state index in [1.165, 1.54) is 5.69 Å². The Balaban J connectivity index is 1.62. The van der Waals surface area contributed by atoms with Gasteiger partial charge in [-0.15, -0.1) is 0 Å². The van der Waals surface area contributed by atoms with Crippen LogP contribution in [0.2, 0.25) is 0 Å². The van der Waals surface area contributed by atoms with Crippen molar-refractivity contribution >= 4 is 34.1 Å². The first-order valence-corrected chi connectivity index (χ1v) is 9.48. The summed E-state index contributed by atoms with van der Waals surface area (Å²) >= 11 is 0. The molecule has 3 aromatic carbocycles. The highest BCUT2D eigenvalue weighted by atomic mass is 15.1. The van der Waals surface area contributed by atoms with Crippen molar-refractivity contribution < 1.29 is 0 Å². The van der Waals surface area contributed by atoms with Crippen molar-refractivity contribution in [3.8, 4) is 0 Å². The van der Waals surface area contributed by atoms with E-state index in [4.69, 9.17) is 6.57 Å². The molecule has 6 heteroatoms. The molecule has 0 saturated heterocycles. The summed E-state index contributed by atoms with van der Waals surface area (Å²) in [6.45, 7) is 13.2. The smallest absolute Gasteiger partial charge is 0.187 e. The molecule has 0 aromatic heterocycles. The lowest BCUT2D eigenvalue weighted by Gasteiger charge is -2.20. The number of nitrogens with zero attached hydrogens (tertiary/aromatic N) is 6. The van der Waals surface area contributed by atoms with Crippen molar-refractivity contribution in [1.82, 2.24) is 0 Å². The Morgan fingerprint density at radius 2 is 0.966 bits per heavy atom. The highest BCUT2D eigenvalue weighted by Crippen LogP contribution is 2.25. The van der Waals surface area contributed by atoms with Crippen molar-refractivity contribution in [2.24, 2.45) is 20.5 Å². The minimum Gasteiger partial charge on any atom is -0.372 e. The van der Waals surface area contributed by atoms with Gasteiger partial charge in [-0.1, -0.05) is 12.1 Å². The molecular weight excluding hydrogens is 360 g/mol. The molecule has 0 unspecified atom stereocenters. The molecule has 0 atom stereocenters. The van der Waals surface area contributed by atoms with Gasteiger partial charge in [-0.3, -0.25) is 0 Å². The highest BCUT2D eigenvalue weighted by Gasteiger charge is 2.01. The second kappa shape index (κ2) is 9.90. The van der Waals surface area contributed by atoms with Crippen LogP contribution in [0, 0.1) is 6.57 Å². The largest absolute Gasteiger partial charge is 0.372 e. The molecule has 144 valence electrons.